The number of hydrogen-bond acceptors (Lipinski definition) is 1. The van der Waals surface area contributed by atoms with E-state index in [1.165, 1.54) is 6.07 Å². The highest BCUT2D eigenvalue weighted by Gasteiger charge is 2.04. The summed E-state index contributed by atoms with van der Waals surface area (Å²) in [6.07, 6.45) is 1.55. The van der Waals surface area contributed by atoms with Crippen LogP contribution in [0.15, 0.2) is 28.9 Å². The molecule has 0 radical (unpaired) electrons. The molecule has 0 unspecified atom stereocenters. The summed E-state index contributed by atoms with van der Waals surface area (Å²) in [4.78, 5) is 3.90. The second kappa shape index (κ2) is 3.24. The zero-order chi connectivity index (χ0) is 9.42. The first kappa shape index (κ1) is 8.91. The van der Waals surface area contributed by atoms with Gasteiger partial charge in [0, 0.05) is 11.6 Å². The Bertz CT molecular complexity index is 472. The van der Waals surface area contributed by atoms with E-state index in [0.717, 1.165) is 10.8 Å². The average molecular weight is 260 g/mol. The monoisotopic (exact) mass is 259 g/mol. The maximum atomic E-state index is 13.1. The Morgan fingerprint density at radius 1 is 1.38 bits per heavy atom. The molecule has 1 aromatic heterocycles. The van der Waals surface area contributed by atoms with Gasteiger partial charge in [0.1, 0.15) is 11.0 Å². The van der Waals surface area contributed by atoms with E-state index in [1.807, 2.05) is 0 Å². The van der Waals surface area contributed by atoms with Crippen molar-refractivity contribution >= 4 is 38.3 Å². The Morgan fingerprint density at radius 2 is 2.15 bits per heavy atom. The molecule has 0 aliphatic rings. The standard InChI is InChI=1S/C9H4BrClFN/c10-7-4-6-5(3-8(7)12)1-2-13-9(6)11/h1-4H. The lowest BCUT2D eigenvalue weighted by molar-refractivity contribution is 0.623. The molecule has 0 bridgehead atoms. The molecular weight excluding hydrogens is 256 g/mol. The highest BCUT2D eigenvalue weighted by molar-refractivity contribution is 9.10. The fourth-order valence-corrected chi connectivity index (χ4v) is 1.69. The van der Waals surface area contributed by atoms with E-state index in [2.05, 4.69) is 20.9 Å². The zero-order valence-corrected chi connectivity index (χ0v) is 8.73. The summed E-state index contributed by atoms with van der Waals surface area (Å²) in [5.74, 6) is -0.297. The molecule has 2 rings (SSSR count). The van der Waals surface area contributed by atoms with Crippen molar-refractivity contribution in [2.75, 3.05) is 0 Å². The molecule has 0 aliphatic carbocycles. The number of aromatic nitrogens is 1. The molecule has 0 N–H and O–H groups in total. The summed E-state index contributed by atoms with van der Waals surface area (Å²) in [5, 5.41) is 1.89. The lowest BCUT2D eigenvalue weighted by Gasteiger charge is -2.00. The number of fused-ring (bicyclic) bond motifs is 1. The topological polar surface area (TPSA) is 12.9 Å². The highest BCUT2D eigenvalue weighted by atomic mass is 79.9. The van der Waals surface area contributed by atoms with Gasteiger partial charge in [0.25, 0.3) is 0 Å². The molecule has 0 spiro atoms. The van der Waals surface area contributed by atoms with Crippen LogP contribution in [0.5, 0.6) is 0 Å². The largest absolute Gasteiger partial charge is 0.244 e. The number of hydrogen-bond donors (Lipinski definition) is 0. The predicted molar refractivity (Wildman–Crippen MR) is 54.4 cm³/mol. The normalized spacial score (nSPS) is 10.7. The summed E-state index contributed by atoms with van der Waals surface area (Å²) in [6.45, 7) is 0. The molecule has 0 aliphatic heterocycles. The van der Waals surface area contributed by atoms with Crippen LogP contribution in [0.25, 0.3) is 10.8 Å². The average Bonchev–Trinajstić information content (AvgIpc) is 2.09. The molecule has 1 nitrogen and oxygen atoms in total. The fraction of sp³-hybridized carbons (Fsp3) is 0. The van der Waals surface area contributed by atoms with Gasteiger partial charge in [-0.1, -0.05) is 11.6 Å². The Kier molecular flexibility index (Phi) is 2.22. The lowest BCUT2D eigenvalue weighted by atomic mass is 10.2. The molecule has 0 amide bonds. The highest BCUT2D eigenvalue weighted by Crippen LogP contribution is 2.26. The Morgan fingerprint density at radius 3 is 2.92 bits per heavy atom. The third kappa shape index (κ3) is 1.54. The molecule has 2 aromatic rings. The van der Waals surface area contributed by atoms with E-state index in [-0.39, 0.29) is 5.82 Å². The van der Waals surface area contributed by atoms with Gasteiger partial charge >= 0.3 is 0 Å². The van der Waals surface area contributed by atoms with Crippen molar-refractivity contribution in [3.8, 4) is 0 Å². The van der Waals surface area contributed by atoms with Crippen molar-refractivity contribution in [2.24, 2.45) is 0 Å². The zero-order valence-electron chi connectivity index (χ0n) is 6.39. The first-order chi connectivity index (χ1) is 6.18. The molecule has 1 heterocycles. The first-order valence-corrected chi connectivity index (χ1v) is 4.75. The van der Waals surface area contributed by atoms with E-state index in [4.69, 9.17) is 11.6 Å². The summed E-state index contributed by atoms with van der Waals surface area (Å²) in [7, 11) is 0. The molecule has 1 aromatic carbocycles. The van der Waals surface area contributed by atoms with Gasteiger partial charge in [-0.05, 0) is 39.5 Å². The Balaban J connectivity index is 2.89. The smallest absolute Gasteiger partial charge is 0.138 e. The van der Waals surface area contributed by atoms with Crippen LogP contribution in [0, 0.1) is 5.82 Å². The van der Waals surface area contributed by atoms with Crippen LogP contribution in [-0.4, -0.2) is 4.98 Å². The molecule has 4 heteroatoms. The molecule has 13 heavy (non-hydrogen) atoms. The van der Waals surface area contributed by atoms with E-state index in [0.29, 0.717) is 9.63 Å². The van der Waals surface area contributed by atoms with Gasteiger partial charge in [-0.15, -0.1) is 0 Å². The van der Waals surface area contributed by atoms with Crippen molar-refractivity contribution < 1.29 is 4.39 Å². The molecule has 0 atom stereocenters. The van der Waals surface area contributed by atoms with Crippen LogP contribution >= 0.6 is 27.5 Å². The van der Waals surface area contributed by atoms with Crippen molar-refractivity contribution in [2.45, 2.75) is 0 Å². The minimum Gasteiger partial charge on any atom is -0.244 e. The summed E-state index contributed by atoms with van der Waals surface area (Å²) in [6, 6.07) is 4.77. The molecular formula is C9H4BrClFN. The third-order valence-corrected chi connectivity index (χ3v) is 2.67. The van der Waals surface area contributed by atoms with Crippen LogP contribution in [-0.2, 0) is 0 Å². The number of halogens is 3. The predicted octanol–water partition coefficient (Wildman–Crippen LogP) is 3.79. The van der Waals surface area contributed by atoms with Crippen LogP contribution in [0.4, 0.5) is 4.39 Å². The van der Waals surface area contributed by atoms with Crippen molar-refractivity contribution in [1.29, 1.82) is 0 Å². The van der Waals surface area contributed by atoms with Crippen LogP contribution in [0.2, 0.25) is 5.15 Å². The van der Waals surface area contributed by atoms with Gasteiger partial charge < -0.3 is 0 Å². The summed E-state index contributed by atoms with van der Waals surface area (Å²) >= 11 is 8.92. The first-order valence-electron chi connectivity index (χ1n) is 3.58. The fourth-order valence-electron chi connectivity index (χ4n) is 1.13. The second-order valence-corrected chi connectivity index (χ2v) is 3.80. The minimum atomic E-state index is -0.297. The Hall–Kier alpha value is -0.670. The number of pyridine rings is 1. The molecule has 0 saturated heterocycles. The minimum absolute atomic E-state index is 0.297. The van der Waals surface area contributed by atoms with Crippen molar-refractivity contribution in [3.63, 3.8) is 0 Å². The van der Waals surface area contributed by atoms with E-state index in [9.17, 15) is 4.39 Å². The van der Waals surface area contributed by atoms with E-state index in [1.54, 1.807) is 18.3 Å². The SMILES string of the molecule is Fc1cc2ccnc(Cl)c2cc1Br. The second-order valence-electron chi connectivity index (χ2n) is 2.59. The number of nitrogens with zero attached hydrogens (tertiary/aromatic N) is 1. The summed E-state index contributed by atoms with van der Waals surface area (Å²) in [5.41, 5.74) is 0. The number of benzene rings is 1. The maximum Gasteiger partial charge on any atom is 0.138 e. The molecule has 0 saturated carbocycles. The Labute approximate surface area is 87.7 Å². The van der Waals surface area contributed by atoms with Crippen LogP contribution in [0.1, 0.15) is 0 Å². The number of rotatable bonds is 0. The van der Waals surface area contributed by atoms with Gasteiger partial charge in [-0.2, -0.15) is 0 Å². The van der Waals surface area contributed by atoms with E-state index < -0.39 is 0 Å². The van der Waals surface area contributed by atoms with Crippen LogP contribution < -0.4 is 0 Å². The maximum absolute atomic E-state index is 13.1. The van der Waals surface area contributed by atoms with Gasteiger partial charge in [0.2, 0.25) is 0 Å². The quantitative estimate of drug-likeness (QED) is 0.657. The van der Waals surface area contributed by atoms with Gasteiger partial charge in [0.15, 0.2) is 0 Å². The lowest BCUT2D eigenvalue weighted by Crippen LogP contribution is -1.82. The summed E-state index contributed by atoms with van der Waals surface area (Å²) < 4.78 is 13.5. The van der Waals surface area contributed by atoms with E-state index >= 15 is 0 Å². The van der Waals surface area contributed by atoms with Crippen molar-refractivity contribution in [1.82, 2.24) is 4.98 Å². The molecule has 0 fully saturated rings. The van der Waals surface area contributed by atoms with Gasteiger partial charge in [0.05, 0.1) is 4.47 Å². The third-order valence-electron chi connectivity index (χ3n) is 1.76. The van der Waals surface area contributed by atoms with Gasteiger partial charge in [-0.25, -0.2) is 9.37 Å². The molecule has 66 valence electrons. The van der Waals surface area contributed by atoms with Crippen LogP contribution in [0.3, 0.4) is 0 Å². The van der Waals surface area contributed by atoms with Gasteiger partial charge in [-0.3, -0.25) is 0 Å². The van der Waals surface area contributed by atoms with Crippen molar-refractivity contribution in [3.05, 3.63) is 39.8 Å².